The maximum absolute atomic E-state index is 8.74. The standard InChI is InChI=1S/C27H42NO2.H2O4S/c1-26(2,3)22-27(4,5)24-13-15-25(16-14-24)30-20-19-29-18-17-28(6,7)21-23-11-9-8-10-12-23;1-5(2,3)4/h8-16H,17-22H2,1-7H3;(H2,1,2,3,4)/q+1;. The van der Waals surface area contributed by atoms with Crippen LogP contribution in [0.1, 0.15) is 52.2 Å². The first-order valence-electron chi connectivity index (χ1n) is 11.8. The molecule has 0 bridgehead atoms. The number of hydrogen-bond acceptors (Lipinski definition) is 4. The molecule has 198 valence electrons. The topological polar surface area (TPSA) is 93.1 Å². The van der Waals surface area contributed by atoms with Gasteiger partial charge in [-0.3, -0.25) is 9.11 Å². The predicted molar refractivity (Wildman–Crippen MR) is 141 cm³/mol. The molecule has 0 amide bonds. The fourth-order valence-corrected chi connectivity index (χ4v) is 4.22. The molecule has 0 heterocycles. The summed E-state index contributed by atoms with van der Waals surface area (Å²) in [5.41, 5.74) is 3.19. The third-order valence-corrected chi connectivity index (χ3v) is 5.40. The number of nitrogens with zero attached hydrogens (tertiary/aromatic N) is 1. The van der Waals surface area contributed by atoms with E-state index in [1.807, 2.05) is 0 Å². The Morgan fingerprint density at radius 3 is 1.89 bits per heavy atom. The lowest BCUT2D eigenvalue weighted by molar-refractivity contribution is -0.904. The van der Waals surface area contributed by atoms with Gasteiger partial charge in [0.25, 0.3) is 0 Å². The molecule has 35 heavy (non-hydrogen) atoms. The molecule has 0 fully saturated rings. The first kappa shape index (κ1) is 31.1. The van der Waals surface area contributed by atoms with Crippen LogP contribution in [-0.4, -0.2) is 62.5 Å². The Morgan fingerprint density at radius 2 is 1.37 bits per heavy atom. The van der Waals surface area contributed by atoms with Crippen molar-refractivity contribution in [2.45, 2.75) is 53.0 Å². The van der Waals surface area contributed by atoms with Crippen molar-refractivity contribution in [3.8, 4) is 5.75 Å². The molecule has 2 rings (SSSR count). The van der Waals surface area contributed by atoms with Crippen molar-refractivity contribution in [3.05, 3.63) is 65.7 Å². The molecule has 0 aliphatic heterocycles. The van der Waals surface area contributed by atoms with Crippen molar-refractivity contribution in [2.75, 3.05) is 40.5 Å². The van der Waals surface area contributed by atoms with Gasteiger partial charge in [0.1, 0.15) is 25.4 Å². The molecule has 0 aliphatic carbocycles. The van der Waals surface area contributed by atoms with E-state index in [2.05, 4.69) is 103 Å². The zero-order chi connectivity index (χ0) is 26.8. The van der Waals surface area contributed by atoms with Gasteiger partial charge < -0.3 is 14.0 Å². The zero-order valence-corrected chi connectivity index (χ0v) is 23.1. The highest BCUT2D eigenvalue weighted by atomic mass is 32.3. The highest BCUT2D eigenvalue weighted by molar-refractivity contribution is 7.79. The van der Waals surface area contributed by atoms with Crippen LogP contribution in [0.15, 0.2) is 54.6 Å². The molecular formula is C27H44NO6S+. The van der Waals surface area contributed by atoms with E-state index in [9.17, 15) is 0 Å². The van der Waals surface area contributed by atoms with Gasteiger partial charge in [-0.25, -0.2) is 0 Å². The number of likely N-dealkylation sites (N-methyl/N-ethyl adjacent to an activating group) is 1. The number of hydrogen-bond donors (Lipinski definition) is 2. The van der Waals surface area contributed by atoms with Gasteiger partial charge in [-0.05, 0) is 34.9 Å². The van der Waals surface area contributed by atoms with Crippen LogP contribution in [-0.2, 0) is 27.1 Å². The van der Waals surface area contributed by atoms with Crippen LogP contribution >= 0.6 is 0 Å². The maximum atomic E-state index is 8.74. The molecule has 7 nitrogen and oxygen atoms in total. The fourth-order valence-electron chi connectivity index (χ4n) is 4.22. The monoisotopic (exact) mass is 510 g/mol. The normalized spacial score (nSPS) is 12.6. The highest BCUT2D eigenvalue weighted by Crippen LogP contribution is 2.36. The second-order valence-corrected chi connectivity index (χ2v) is 12.3. The van der Waals surface area contributed by atoms with Gasteiger partial charge in [0.05, 0.1) is 27.3 Å². The lowest BCUT2D eigenvalue weighted by Crippen LogP contribution is -2.41. The van der Waals surface area contributed by atoms with Gasteiger partial charge in [0.15, 0.2) is 0 Å². The number of rotatable bonds is 11. The molecule has 0 aromatic heterocycles. The fraction of sp³-hybridized carbons (Fsp3) is 0.556. The van der Waals surface area contributed by atoms with Gasteiger partial charge in [-0.15, -0.1) is 0 Å². The molecule has 0 saturated heterocycles. The lowest BCUT2D eigenvalue weighted by Gasteiger charge is -2.33. The Bertz CT molecular complexity index is 957. The Kier molecular flexibility index (Phi) is 11.9. The van der Waals surface area contributed by atoms with Crippen molar-refractivity contribution >= 4 is 10.4 Å². The molecule has 0 spiro atoms. The summed E-state index contributed by atoms with van der Waals surface area (Å²) in [5, 5.41) is 0. The summed E-state index contributed by atoms with van der Waals surface area (Å²) in [7, 11) is -0.175. The molecule has 0 aliphatic rings. The van der Waals surface area contributed by atoms with Crippen LogP contribution in [0.4, 0.5) is 0 Å². The summed E-state index contributed by atoms with van der Waals surface area (Å²) in [5.74, 6) is 0.911. The molecular weight excluding hydrogens is 466 g/mol. The molecule has 2 aromatic rings. The van der Waals surface area contributed by atoms with Gasteiger partial charge in [0.2, 0.25) is 0 Å². The van der Waals surface area contributed by atoms with Crippen LogP contribution < -0.4 is 4.74 Å². The number of benzene rings is 2. The minimum atomic E-state index is -4.67. The molecule has 0 saturated carbocycles. The summed E-state index contributed by atoms with van der Waals surface area (Å²) in [6, 6.07) is 19.2. The van der Waals surface area contributed by atoms with Crippen LogP contribution in [0.5, 0.6) is 5.75 Å². The first-order valence-corrected chi connectivity index (χ1v) is 13.2. The maximum Gasteiger partial charge on any atom is 0.394 e. The largest absolute Gasteiger partial charge is 0.491 e. The second-order valence-electron chi connectivity index (χ2n) is 11.4. The summed E-state index contributed by atoms with van der Waals surface area (Å²) in [4.78, 5) is 0. The Hall–Kier alpha value is -1.97. The molecule has 0 radical (unpaired) electrons. The highest BCUT2D eigenvalue weighted by Gasteiger charge is 2.27. The summed E-state index contributed by atoms with van der Waals surface area (Å²) < 4.78 is 44.2. The minimum Gasteiger partial charge on any atom is -0.491 e. The SMILES string of the molecule is CC(C)(C)CC(C)(C)c1ccc(OCCOCC[N+](C)(C)Cc2ccccc2)cc1.O=S(=O)(O)O. The molecule has 8 heteroatoms. The molecule has 2 aromatic carbocycles. The minimum absolute atomic E-state index is 0.157. The summed E-state index contributed by atoms with van der Waals surface area (Å²) in [6.07, 6.45) is 1.15. The first-order chi connectivity index (χ1) is 16.0. The number of quaternary nitrogens is 1. The van der Waals surface area contributed by atoms with Crippen LogP contribution in [0.3, 0.4) is 0 Å². The Morgan fingerprint density at radius 1 is 0.829 bits per heavy atom. The lowest BCUT2D eigenvalue weighted by atomic mass is 9.72. The van der Waals surface area contributed by atoms with Crippen molar-refractivity contribution < 1.29 is 31.5 Å². The summed E-state index contributed by atoms with van der Waals surface area (Å²) in [6.45, 7) is 15.5. The van der Waals surface area contributed by atoms with Crippen molar-refractivity contribution in [2.24, 2.45) is 5.41 Å². The van der Waals surface area contributed by atoms with Crippen LogP contribution in [0.25, 0.3) is 0 Å². The number of ether oxygens (including phenoxy) is 2. The van der Waals surface area contributed by atoms with Gasteiger partial charge >= 0.3 is 10.4 Å². The molecule has 0 atom stereocenters. The predicted octanol–water partition coefficient (Wildman–Crippen LogP) is 5.42. The van der Waals surface area contributed by atoms with Gasteiger partial charge in [-0.2, -0.15) is 8.42 Å². The average Bonchev–Trinajstić information content (AvgIpc) is 2.68. The Labute approximate surface area is 212 Å². The molecule has 0 unspecified atom stereocenters. The van der Waals surface area contributed by atoms with E-state index in [1.165, 1.54) is 11.1 Å². The van der Waals surface area contributed by atoms with E-state index in [0.29, 0.717) is 18.6 Å². The van der Waals surface area contributed by atoms with Crippen LogP contribution in [0.2, 0.25) is 0 Å². The van der Waals surface area contributed by atoms with Crippen molar-refractivity contribution in [3.63, 3.8) is 0 Å². The Balaban J connectivity index is 0.00000111. The van der Waals surface area contributed by atoms with E-state index in [-0.39, 0.29) is 5.41 Å². The zero-order valence-electron chi connectivity index (χ0n) is 22.3. The van der Waals surface area contributed by atoms with E-state index >= 15 is 0 Å². The van der Waals surface area contributed by atoms with Crippen LogP contribution in [0, 0.1) is 5.41 Å². The van der Waals surface area contributed by atoms with Gasteiger partial charge in [0, 0.05) is 5.56 Å². The average molecular weight is 511 g/mol. The summed E-state index contributed by atoms with van der Waals surface area (Å²) >= 11 is 0. The van der Waals surface area contributed by atoms with E-state index in [4.69, 9.17) is 27.0 Å². The van der Waals surface area contributed by atoms with Gasteiger partial charge in [-0.1, -0.05) is 77.1 Å². The van der Waals surface area contributed by atoms with E-state index in [1.54, 1.807) is 0 Å². The van der Waals surface area contributed by atoms with E-state index in [0.717, 1.165) is 36.3 Å². The van der Waals surface area contributed by atoms with E-state index < -0.39 is 10.4 Å². The second kappa shape index (κ2) is 13.4. The molecule has 2 N–H and O–H groups in total. The quantitative estimate of drug-likeness (QED) is 0.238. The van der Waals surface area contributed by atoms with Crippen molar-refractivity contribution in [1.29, 1.82) is 0 Å². The third kappa shape index (κ3) is 15.6. The van der Waals surface area contributed by atoms with Crippen molar-refractivity contribution in [1.82, 2.24) is 0 Å². The smallest absolute Gasteiger partial charge is 0.394 e. The third-order valence-electron chi connectivity index (χ3n) is 5.40.